The molecular formula is C9H10ClFO. The van der Waals surface area contributed by atoms with Crippen molar-refractivity contribution in [2.75, 3.05) is 0 Å². The number of rotatable bonds is 2. The number of halogens is 2. The Morgan fingerprint density at radius 2 is 2.08 bits per heavy atom. The minimum atomic E-state index is -0.420. The highest BCUT2D eigenvalue weighted by molar-refractivity contribution is 6.30. The molecule has 12 heavy (non-hydrogen) atoms. The summed E-state index contributed by atoms with van der Waals surface area (Å²) in [6.45, 7) is 3.68. The van der Waals surface area contributed by atoms with E-state index in [1.165, 1.54) is 12.1 Å². The summed E-state index contributed by atoms with van der Waals surface area (Å²) in [4.78, 5) is 0. The van der Waals surface area contributed by atoms with E-state index in [-0.39, 0.29) is 11.9 Å². The van der Waals surface area contributed by atoms with Gasteiger partial charge in [0.05, 0.1) is 6.10 Å². The Hall–Kier alpha value is -0.760. The zero-order valence-corrected chi connectivity index (χ0v) is 7.73. The van der Waals surface area contributed by atoms with Crippen molar-refractivity contribution < 1.29 is 9.13 Å². The molecule has 0 atom stereocenters. The molecule has 0 heterocycles. The molecule has 0 saturated heterocycles. The Kier molecular flexibility index (Phi) is 2.93. The highest BCUT2D eigenvalue weighted by atomic mass is 35.5. The van der Waals surface area contributed by atoms with E-state index in [1.54, 1.807) is 6.07 Å². The van der Waals surface area contributed by atoms with Crippen LogP contribution in [-0.2, 0) is 0 Å². The molecule has 0 aromatic heterocycles. The molecular weight excluding hydrogens is 179 g/mol. The average Bonchev–Trinajstić information content (AvgIpc) is 1.94. The molecule has 0 spiro atoms. The molecule has 0 fully saturated rings. The average molecular weight is 189 g/mol. The molecule has 0 radical (unpaired) electrons. The molecule has 0 bridgehead atoms. The summed E-state index contributed by atoms with van der Waals surface area (Å²) in [5, 5.41) is 0.378. The molecule has 0 amide bonds. The molecule has 1 rings (SSSR count). The van der Waals surface area contributed by atoms with Gasteiger partial charge in [-0.1, -0.05) is 11.6 Å². The fourth-order valence-electron chi connectivity index (χ4n) is 0.825. The van der Waals surface area contributed by atoms with E-state index < -0.39 is 5.82 Å². The van der Waals surface area contributed by atoms with E-state index in [9.17, 15) is 4.39 Å². The zero-order valence-electron chi connectivity index (χ0n) is 6.97. The molecule has 1 nitrogen and oxygen atoms in total. The standard InChI is InChI=1S/C9H10ClFO/c1-6(2)12-9-4-3-7(10)5-8(9)11/h3-6H,1-2H3. The summed E-state index contributed by atoms with van der Waals surface area (Å²) < 4.78 is 18.2. The molecule has 0 saturated carbocycles. The predicted molar refractivity (Wildman–Crippen MR) is 47.2 cm³/mol. The largest absolute Gasteiger partial charge is 0.488 e. The van der Waals surface area contributed by atoms with E-state index >= 15 is 0 Å². The number of hydrogen-bond acceptors (Lipinski definition) is 1. The van der Waals surface area contributed by atoms with Gasteiger partial charge < -0.3 is 4.74 Å². The zero-order chi connectivity index (χ0) is 9.14. The predicted octanol–water partition coefficient (Wildman–Crippen LogP) is 3.27. The monoisotopic (exact) mass is 188 g/mol. The Morgan fingerprint density at radius 1 is 1.42 bits per heavy atom. The maximum Gasteiger partial charge on any atom is 0.166 e. The molecule has 0 aliphatic heterocycles. The van der Waals surface area contributed by atoms with Gasteiger partial charge in [-0.25, -0.2) is 4.39 Å². The van der Waals surface area contributed by atoms with E-state index in [0.29, 0.717) is 5.02 Å². The summed E-state index contributed by atoms with van der Waals surface area (Å²) in [6.07, 6.45) is -0.0272. The maximum atomic E-state index is 13.0. The highest BCUT2D eigenvalue weighted by Crippen LogP contribution is 2.21. The van der Waals surface area contributed by atoms with Crippen LogP contribution in [0.1, 0.15) is 13.8 Å². The first-order chi connectivity index (χ1) is 5.59. The fraction of sp³-hybridized carbons (Fsp3) is 0.333. The van der Waals surface area contributed by atoms with Gasteiger partial charge >= 0.3 is 0 Å². The van der Waals surface area contributed by atoms with Crippen molar-refractivity contribution in [1.29, 1.82) is 0 Å². The van der Waals surface area contributed by atoms with Crippen LogP contribution in [0.4, 0.5) is 4.39 Å². The Morgan fingerprint density at radius 3 is 2.58 bits per heavy atom. The van der Waals surface area contributed by atoms with Crippen LogP contribution in [0, 0.1) is 5.82 Å². The van der Waals surface area contributed by atoms with Crippen LogP contribution < -0.4 is 4.74 Å². The fourth-order valence-corrected chi connectivity index (χ4v) is 0.984. The van der Waals surface area contributed by atoms with Crippen molar-refractivity contribution in [1.82, 2.24) is 0 Å². The lowest BCUT2D eigenvalue weighted by Crippen LogP contribution is -2.06. The first-order valence-electron chi connectivity index (χ1n) is 3.71. The van der Waals surface area contributed by atoms with E-state index in [2.05, 4.69) is 0 Å². The van der Waals surface area contributed by atoms with Gasteiger partial charge in [0.2, 0.25) is 0 Å². The first kappa shape index (κ1) is 9.33. The molecule has 66 valence electrons. The number of benzene rings is 1. The van der Waals surface area contributed by atoms with Crippen molar-refractivity contribution in [3.63, 3.8) is 0 Å². The van der Waals surface area contributed by atoms with Gasteiger partial charge in [-0.2, -0.15) is 0 Å². The van der Waals surface area contributed by atoms with Gasteiger partial charge in [-0.15, -0.1) is 0 Å². The lowest BCUT2D eigenvalue weighted by atomic mass is 10.3. The van der Waals surface area contributed by atoms with Crippen LogP contribution in [0.15, 0.2) is 18.2 Å². The third kappa shape index (κ3) is 2.38. The van der Waals surface area contributed by atoms with Crippen LogP contribution in [0.5, 0.6) is 5.75 Å². The first-order valence-corrected chi connectivity index (χ1v) is 4.09. The lowest BCUT2D eigenvalue weighted by Gasteiger charge is -2.09. The second-order valence-corrected chi connectivity index (χ2v) is 3.18. The Balaban J connectivity index is 2.86. The van der Waals surface area contributed by atoms with Gasteiger partial charge in [0, 0.05) is 5.02 Å². The van der Waals surface area contributed by atoms with Gasteiger partial charge in [0.1, 0.15) is 0 Å². The van der Waals surface area contributed by atoms with Crippen molar-refractivity contribution in [2.24, 2.45) is 0 Å². The van der Waals surface area contributed by atoms with Crippen molar-refractivity contribution in [3.05, 3.63) is 29.0 Å². The molecule has 0 N–H and O–H groups in total. The van der Waals surface area contributed by atoms with Crippen LogP contribution in [0.25, 0.3) is 0 Å². The van der Waals surface area contributed by atoms with Crippen LogP contribution in [0.2, 0.25) is 5.02 Å². The molecule has 1 aromatic carbocycles. The van der Waals surface area contributed by atoms with Gasteiger partial charge in [-0.3, -0.25) is 0 Å². The van der Waals surface area contributed by atoms with E-state index in [4.69, 9.17) is 16.3 Å². The smallest absolute Gasteiger partial charge is 0.166 e. The molecule has 0 aliphatic carbocycles. The summed E-state index contributed by atoms with van der Waals surface area (Å²) in [5.74, 6) is -0.175. The SMILES string of the molecule is CC(C)Oc1ccc(Cl)cc1F. The van der Waals surface area contributed by atoms with Crippen molar-refractivity contribution in [3.8, 4) is 5.75 Å². The second-order valence-electron chi connectivity index (χ2n) is 2.74. The van der Waals surface area contributed by atoms with Crippen molar-refractivity contribution >= 4 is 11.6 Å². The Bertz CT molecular complexity index is 273. The minimum Gasteiger partial charge on any atom is -0.488 e. The molecule has 1 aromatic rings. The third-order valence-electron chi connectivity index (χ3n) is 1.26. The molecule has 0 unspecified atom stereocenters. The van der Waals surface area contributed by atoms with Gasteiger partial charge in [0.15, 0.2) is 11.6 Å². The lowest BCUT2D eigenvalue weighted by molar-refractivity contribution is 0.231. The number of ether oxygens (including phenoxy) is 1. The van der Waals surface area contributed by atoms with Crippen LogP contribution in [-0.4, -0.2) is 6.10 Å². The van der Waals surface area contributed by atoms with Gasteiger partial charge in [0.25, 0.3) is 0 Å². The minimum absolute atomic E-state index is 0.0272. The highest BCUT2D eigenvalue weighted by Gasteiger charge is 2.04. The molecule has 3 heteroatoms. The summed E-state index contributed by atoms with van der Waals surface area (Å²) >= 11 is 5.56. The maximum absolute atomic E-state index is 13.0. The Labute approximate surface area is 76.1 Å². The number of hydrogen-bond donors (Lipinski definition) is 0. The van der Waals surface area contributed by atoms with E-state index in [0.717, 1.165) is 0 Å². The van der Waals surface area contributed by atoms with Crippen LogP contribution in [0.3, 0.4) is 0 Å². The van der Waals surface area contributed by atoms with Crippen LogP contribution >= 0.6 is 11.6 Å². The van der Waals surface area contributed by atoms with Crippen molar-refractivity contribution in [2.45, 2.75) is 20.0 Å². The summed E-state index contributed by atoms with van der Waals surface area (Å²) in [6, 6.07) is 4.36. The third-order valence-corrected chi connectivity index (χ3v) is 1.49. The summed E-state index contributed by atoms with van der Waals surface area (Å²) in [5.41, 5.74) is 0. The summed E-state index contributed by atoms with van der Waals surface area (Å²) in [7, 11) is 0. The second kappa shape index (κ2) is 3.76. The molecule has 0 aliphatic rings. The van der Waals surface area contributed by atoms with E-state index in [1.807, 2.05) is 13.8 Å². The normalized spacial score (nSPS) is 10.4. The van der Waals surface area contributed by atoms with Gasteiger partial charge in [-0.05, 0) is 32.0 Å². The quantitative estimate of drug-likeness (QED) is 0.692. The topological polar surface area (TPSA) is 9.23 Å².